The zero-order chi connectivity index (χ0) is 21.8. The minimum atomic E-state index is -0.0444. The summed E-state index contributed by atoms with van der Waals surface area (Å²) in [5, 5.41) is 6.80. The van der Waals surface area contributed by atoms with E-state index in [-0.39, 0.29) is 24.1 Å². The predicted molar refractivity (Wildman–Crippen MR) is 126 cm³/mol. The van der Waals surface area contributed by atoms with E-state index in [2.05, 4.69) is 27.7 Å². The Bertz CT molecular complexity index is 991. The molecule has 2 N–H and O–H groups in total. The van der Waals surface area contributed by atoms with E-state index in [4.69, 9.17) is 12.2 Å². The van der Waals surface area contributed by atoms with Crippen LogP contribution in [-0.2, 0) is 17.8 Å². The summed E-state index contributed by atoms with van der Waals surface area (Å²) >= 11 is 5.59. The molecule has 6 nitrogen and oxygen atoms in total. The van der Waals surface area contributed by atoms with Crippen molar-refractivity contribution in [3.05, 3.63) is 70.1 Å². The van der Waals surface area contributed by atoms with E-state index >= 15 is 0 Å². The van der Waals surface area contributed by atoms with Crippen LogP contribution in [0.1, 0.15) is 36.9 Å². The van der Waals surface area contributed by atoms with Gasteiger partial charge >= 0.3 is 0 Å². The molecule has 1 amide bonds. The third-order valence-corrected chi connectivity index (χ3v) is 6.69. The molecule has 0 saturated carbocycles. The minimum absolute atomic E-state index is 0.0444. The van der Waals surface area contributed by atoms with Crippen molar-refractivity contribution < 1.29 is 4.79 Å². The van der Waals surface area contributed by atoms with E-state index in [9.17, 15) is 9.59 Å². The van der Waals surface area contributed by atoms with Crippen molar-refractivity contribution in [2.24, 2.45) is 5.92 Å². The fourth-order valence-electron chi connectivity index (χ4n) is 4.76. The molecule has 1 saturated heterocycles. The second kappa shape index (κ2) is 9.64. The SMILES string of the molecule is CC(CCc1ccccc1)NC(=O)CNC(=S)N1CC2CC(C1)c1cccc(=O)n1C2. The predicted octanol–water partition coefficient (Wildman–Crippen LogP) is 2.28. The fourth-order valence-corrected chi connectivity index (χ4v) is 4.98. The van der Waals surface area contributed by atoms with Crippen molar-refractivity contribution >= 4 is 23.2 Å². The molecule has 1 fully saturated rings. The van der Waals surface area contributed by atoms with Gasteiger partial charge in [0.25, 0.3) is 5.56 Å². The molecule has 2 bridgehead atoms. The van der Waals surface area contributed by atoms with Crippen molar-refractivity contribution in [2.45, 2.75) is 44.7 Å². The number of nitrogens with zero attached hydrogens (tertiary/aromatic N) is 2. The van der Waals surface area contributed by atoms with Gasteiger partial charge in [0.1, 0.15) is 0 Å². The zero-order valence-electron chi connectivity index (χ0n) is 17.9. The van der Waals surface area contributed by atoms with Crippen LogP contribution in [0.4, 0.5) is 0 Å². The molecular formula is C24H30N4O2S. The lowest BCUT2D eigenvalue weighted by atomic mass is 9.83. The van der Waals surface area contributed by atoms with Gasteiger partial charge in [0.2, 0.25) is 5.91 Å². The average Bonchev–Trinajstić information content (AvgIpc) is 2.77. The van der Waals surface area contributed by atoms with Crippen LogP contribution in [0.5, 0.6) is 0 Å². The molecule has 3 unspecified atom stereocenters. The van der Waals surface area contributed by atoms with E-state index in [1.165, 1.54) is 5.56 Å². The third-order valence-electron chi connectivity index (χ3n) is 6.28. The largest absolute Gasteiger partial charge is 0.354 e. The number of benzene rings is 1. The van der Waals surface area contributed by atoms with Crippen LogP contribution in [-0.4, -0.2) is 46.2 Å². The Balaban J connectivity index is 1.24. The lowest BCUT2D eigenvalue weighted by Gasteiger charge is -2.43. The van der Waals surface area contributed by atoms with Crippen molar-refractivity contribution in [1.29, 1.82) is 0 Å². The van der Waals surface area contributed by atoms with Gasteiger partial charge < -0.3 is 20.1 Å². The van der Waals surface area contributed by atoms with Gasteiger partial charge in [-0.2, -0.15) is 0 Å². The Hall–Kier alpha value is -2.67. The molecule has 0 radical (unpaired) electrons. The number of aromatic nitrogens is 1. The van der Waals surface area contributed by atoms with Gasteiger partial charge in [-0.15, -0.1) is 0 Å². The number of thiocarbonyl (C=S) groups is 1. The van der Waals surface area contributed by atoms with E-state index < -0.39 is 0 Å². The quantitative estimate of drug-likeness (QED) is 0.678. The number of carbonyl (C=O) groups excluding carboxylic acids is 1. The fraction of sp³-hybridized carbons (Fsp3) is 0.458. The first-order valence-corrected chi connectivity index (χ1v) is 11.5. The van der Waals surface area contributed by atoms with Gasteiger partial charge in [0.05, 0.1) is 6.54 Å². The number of nitrogens with one attached hydrogen (secondary N) is 2. The zero-order valence-corrected chi connectivity index (χ0v) is 18.7. The highest BCUT2D eigenvalue weighted by molar-refractivity contribution is 7.80. The Morgan fingerprint density at radius 2 is 1.94 bits per heavy atom. The first-order chi connectivity index (χ1) is 15.0. The molecule has 2 aromatic rings. The highest BCUT2D eigenvalue weighted by Gasteiger charge is 2.35. The number of likely N-dealkylation sites (tertiary alicyclic amines) is 1. The molecule has 31 heavy (non-hydrogen) atoms. The van der Waals surface area contributed by atoms with Crippen molar-refractivity contribution in [2.75, 3.05) is 19.6 Å². The highest BCUT2D eigenvalue weighted by atomic mass is 32.1. The lowest BCUT2D eigenvalue weighted by molar-refractivity contribution is -0.120. The molecule has 1 aromatic carbocycles. The Morgan fingerprint density at radius 3 is 2.74 bits per heavy atom. The number of hydrogen-bond acceptors (Lipinski definition) is 3. The summed E-state index contributed by atoms with van der Waals surface area (Å²) in [4.78, 5) is 26.7. The Morgan fingerprint density at radius 1 is 1.13 bits per heavy atom. The second-order valence-electron chi connectivity index (χ2n) is 8.75. The van der Waals surface area contributed by atoms with Crippen molar-refractivity contribution in [3.63, 3.8) is 0 Å². The number of amides is 1. The van der Waals surface area contributed by atoms with E-state index in [0.717, 1.165) is 44.6 Å². The van der Waals surface area contributed by atoms with Crippen molar-refractivity contribution in [1.82, 2.24) is 20.1 Å². The third kappa shape index (κ3) is 5.34. The van der Waals surface area contributed by atoms with Gasteiger partial charge in [0.15, 0.2) is 5.11 Å². The van der Waals surface area contributed by atoms with Crippen LogP contribution < -0.4 is 16.2 Å². The molecule has 1 aromatic heterocycles. The van der Waals surface area contributed by atoms with Gasteiger partial charge in [-0.1, -0.05) is 36.4 Å². The van der Waals surface area contributed by atoms with E-state index in [0.29, 0.717) is 16.9 Å². The summed E-state index contributed by atoms with van der Waals surface area (Å²) < 4.78 is 1.91. The number of fused-ring (bicyclic) bond motifs is 4. The molecule has 3 atom stereocenters. The number of carbonyl (C=O) groups is 1. The first kappa shape index (κ1) is 21.6. The van der Waals surface area contributed by atoms with Gasteiger partial charge in [0, 0.05) is 43.4 Å². The topological polar surface area (TPSA) is 66.4 Å². The standard InChI is InChI=1S/C24H30N4O2S/c1-17(10-11-18-6-3-2-4-7-18)26-22(29)13-25-24(31)27-14-19-12-20(16-27)21-8-5-9-23(30)28(21)15-19/h2-9,17,19-20H,10-16H2,1H3,(H,25,31)(H,26,29). The Kier molecular flexibility index (Phi) is 6.70. The van der Waals surface area contributed by atoms with Crippen LogP contribution >= 0.6 is 12.2 Å². The number of pyridine rings is 1. The van der Waals surface area contributed by atoms with Gasteiger partial charge in [-0.05, 0) is 56.0 Å². The first-order valence-electron chi connectivity index (χ1n) is 11.1. The lowest BCUT2D eigenvalue weighted by Crippen LogP contribution is -2.53. The molecular weight excluding hydrogens is 408 g/mol. The summed E-state index contributed by atoms with van der Waals surface area (Å²) in [5.41, 5.74) is 2.46. The second-order valence-corrected chi connectivity index (χ2v) is 9.14. The minimum Gasteiger partial charge on any atom is -0.354 e. The molecule has 3 heterocycles. The van der Waals surface area contributed by atoms with Crippen LogP contribution in [0.3, 0.4) is 0 Å². The maximum Gasteiger partial charge on any atom is 0.250 e. The summed E-state index contributed by atoms with van der Waals surface area (Å²) in [6.07, 6.45) is 2.92. The molecule has 2 aliphatic rings. The molecule has 4 rings (SSSR count). The van der Waals surface area contributed by atoms with Gasteiger partial charge in [-0.25, -0.2) is 0 Å². The van der Waals surface area contributed by atoms with E-state index in [1.807, 2.05) is 41.8 Å². The van der Waals surface area contributed by atoms with Gasteiger partial charge in [-0.3, -0.25) is 9.59 Å². The average molecular weight is 439 g/mol. The summed E-state index contributed by atoms with van der Waals surface area (Å²) in [7, 11) is 0. The van der Waals surface area contributed by atoms with Crippen LogP contribution in [0.25, 0.3) is 0 Å². The van der Waals surface area contributed by atoms with Crippen molar-refractivity contribution in [3.8, 4) is 0 Å². The highest BCUT2D eigenvalue weighted by Crippen LogP contribution is 2.34. The number of piperidine rings is 1. The van der Waals surface area contributed by atoms with Crippen LogP contribution in [0.2, 0.25) is 0 Å². The smallest absolute Gasteiger partial charge is 0.250 e. The van der Waals surface area contributed by atoms with Crippen LogP contribution in [0.15, 0.2) is 53.3 Å². The molecule has 0 aliphatic carbocycles. The summed E-state index contributed by atoms with van der Waals surface area (Å²) in [6, 6.07) is 15.9. The monoisotopic (exact) mass is 438 g/mol. The molecule has 2 aliphatic heterocycles. The summed E-state index contributed by atoms with van der Waals surface area (Å²) in [6.45, 7) is 4.55. The molecule has 7 heteroatoms. The van der Waals surface area contributed by atoms with Crippen LogP contribution in [0, 0.1) is 5.92 Å². The number of hydrogen-bond donors (Lipinski definition) is 2. The number of aryl methyl sites for hydroxylation is 1. The Labute approximate surface area is 188 Å². The maximum atomic E-state index is 12.4. The molecule has 164 valence electrons. The normalized spacial score (nSPS) is 20.5. The summed E-state index contributed by atoms with van der Waals surface area (Å²) in [5.74, 6) is 0.655. The molecule has 0 spiro atoms. The van der Waals surface area contributed by atoms with E-state index in [1.54, 1.807) is 6.07 Å². The maximum absolute atomic E-state index is 12.4. The number of rotatable bonds is 6.